The average molecular weight is 195 g/mol. The van der Waals surface area contributed by atoms with Gasteiger partial charge in [0.15, 0.2) is 0 Å². The molecule has 0 saturated carbocycles. The minimum atomic E-state index is -0.279. The van der Waals surface area contributed by atoms with Crippen LogP contribution in [0, 0.1) is 0 Å². The third kappa shape index (κ3) is 2.97. The zero-order chi connectivity index (χ0) is 8.27. The molecule has 1 aliphatic rings. The molecule has 4 nitrogen and oxygen atoms in total. The maximum atomic E-state index is 11.3. The molecule has 12 heavy (non-hydrogen) atoms. The van der Waals surface area contributed by atoms with E-state index >= 15 is 0 Å². The molecule has 72 valence electrons. The maximum absolute atomic E-state index is 11.3. The first-order chi connectivity index (χ1) is 5.22. The normalized spacial score (nSPS) is 22.7. The number of rotatable bonds is 1. The van der Waals surface area contributed by atoms with Crippen LogP contribution < -0.4 is 5.32 Å². The number of morpholine rings is 1. The van der Waals surface area contributed by atoms with E-state index in [-0.39, 0.29) is 24.4 Å². The molecule has 0 aliphatic carbocycles. The Hall–Kier alpha value is -0.320. The first-order valence-corrected chi connectivity index (χ1v) is 3.75. The monoisotopic (exact) mass is 194 g/mol. The van der Waals surface area contributed by atoms with Gasteiger partial charge in [0.1, 0.15) is 6.10 Å². The van der Waals surface area contributed by atoms with Gasteiger partial charge in [0, 0.05) is 27.2 Å². The largest absolute Gasteiger partial charge is 0.366 e. The maximum Gasteiger partial charge on any atom is 0.252 e. The predicted molar refractivity (Wildman–Crippen MR) is 48.6 cm³/mol. The number of nitrogens with one attached hydrogen (secondary N) is 1. The van der Waals surface area contributed by atoms with Crippen LogP contribution in [0.25, 0.3) is 0 Å². The molecule has 1 unspecified atom stereocenters. The lowest BCUT2D eigenvalue weighted by Crippen LogP contribution is -2.47. The fourth-order valence-corrected chi connectivity index (χ4v) is 1.01. The van der Waals surface area contributed by atoms with Crippen LogP contribution in [0.3, 0.4) is 0 Å². The summed E-state index contributed by atoms with van der Waals surface area (Å²) in [5, 5.41) is 3.10. The number of hydrogen-bond donors (Lipinski definition) is 1. The van der Waals surface area contributed by atoms with Gasteiger partial charge in [0.2, 0.25) is 0 Å². The molecule has 1 rings (SSSR count). The van der Waals surface area contributed by atoms with Gasteiger partial charge in [-0.25, -0.2) is 0 Å². The number of amides is 1. The van der Waals surface area contributed by atoms with Gasteiger partial charge in [0.25, 0.3) is 5.91 Å². The number of nitrogens with zero attached hydrogens (tertiary/aromatic N) is 1. The Bertz CT molecular complexity index is 146. The Morgan fingerprint density at radius 2 is 2.25 bits per heavy atom. The van der Waals surface area contributed by atoms with Crippen molar-refractivity contribution in [1.82, 2.24) is 10.2 Å². The highest BCUT2D eigenvalue weighted by Crippen LogP contribution is 1.98. The van der Waals surface area contributed by atoms with E-state index in [1.807, 2.05) is 0 Å². The van der Waals surface area contributed by atoms with Crippen molar-refractivity contribution in [1.29, 1.82) is 0 Å². The van der Waals surface area contributed by atoms with Crippen molar-refractivity contribution in [3.8, 4) is 0 Å². The molecule has 1 amide bonds. The second kappa shape index (κ2) is 5.35. The molecule has 1 atom stereocenters. The lowest BCUT2D eigenvalue weighted by Gasteiger charge is -2.25. The molecular weight excluding hydrogens is 180 g/mol. The minimum Gasteiger partial charge on any atom is -0.366 e. The van der Waals surface area contributed by atoms with E-state index < -0.39 is 0 Å². The van der Waals surface area contributed by atoms with Crippen LogP contribution in [0.15, 0.2) is 0 Å². The summed E-state index contributed by atoms with van der Waals surface area (Å²) in [6.07, 6.45) is -0.279. The highest BCUT2D eigenvalue weighted by atomic mass is 35.5. The summed E-state index contributed by atoms with van der Waals surface area (Å²) in [7, 11) is 3.47. The molecule has 1 heterocycles. The molecule has 1 aliphatic heterocycles. The standard InChI is InChI=1S/C7H14N2O2.ClH/c1-9(2)7(10)6-5-8-3-4-11-6;/h6,8H,3-5H2,1-2H3;1H. The van der Waals surface area contributed by atoms with Crippen molar-refractivity contribution < 1.29 is 9.53 Å². The molecule has 0 aromatic rings. The molecule has 0 aromatic heterocycles. The zero-order valence-corrected chi connectivity index (χ0v) is 8.19. The third-order valence-electron chi connectivity index (χ3n) is 1.64. The van der Waals surface area contributed by atoms with E-state index in [1.165, 1.54) is 0 Å². The van der Waals surface area contributed by atoms with Crippen molar-refractivity contribution in [3.05, 3.63) is 0 Å². The molecule has 0 spiro atoms. The van der Waals surface area contributed by atoms with Gasteiger partial charge in [-0.05, 0) is 0 Å². The van der Waals surface area contributed by atoms with Gasteiger partial charge in [-0.1, -0.05) is 0 Å². The fourth-order valence-electron chi connectivity index (χ4n) is 1.01. The summed E-state index contributed by atoms with van der Waals surface area (Å²) in [6.45, 7) is 2.11. The SMILES string of the molecule is CN(C)C(=O)C1CNCCO1.Cl. The summed E-state index contributed by atoms with van der Waals surface area (Å²) in [4.78, 5) is 12.8. The number of carbonyl (C=O) groups excluding carboxylic acids is 1. The molecular formula is C7H15ClN2O2. The summed E-state index contributed by atoms with van der Waals surface area (Å²) < 4.78 is 5.25. The first kappa shape index (κ1) is 11.7. The first-order valence-electron chi connectivity index (χ1n) is 3.75. The Labute approximate surface area is 78.7 Å². The predicted octanol–water partition coefficient (Wildman–Crippen LogP) is -0.515. The fraction of sp³-hybridized carbons (Fsp3) is 0.857. The highest BCUT2D eigenvalue weighted by molar-refractivity contribution is 5.85. The van der Waals surface area contributed by atoms with E-state index in [1.54, 1.807) is 19.0 Å². The van der Waals surface area contributed by atoms with Crippen molar-refractivity contribution in [2.75, 3.05) is 33.8 Å². The zero-order valence-electron chi connectivity index (χ0n) is 7.37. The summed E-state index contributed by atoms with van der Waals surface area (Å²) >= 11 is 0. The second-order valence-corrected chi connectivity index (χ2v) is 2.80. The Morgan fingerprint density at radius 1 is 1.58 bits per heavy atom. The number of likely N-dealkylation sites (N-methyl/N-ethyl adjacent to an activating group) is 1. The average Bonchev–Trinajstić information content (AvgIpc) is 2.05. The van der Waals surface area contributed by atoms with Gasteiger partial charge >= 0.3 is 0 Å². The van der Waals surface area contributed by atoms with Crippen LogP contribution in [0.2, 0.25) is 0 Å². The lowest BCUT2D eigenvalue weighted by molar-refractivity contribution is -0.142. The molecule has 0 radical (unpaired) electrons. The summed E-state index contributed by atoms with van der Waals surface area (Å²) in [6, 6.07) is 0. The van der Waals surface area contributed by atoms with E-state index in [9.17, 15) is 4.79 Å². The molecule has 0 bridgehead atoms. The van der Waals surface area contributed by atoms with E-state index in [2.05, 4.69) is 5.32 Å². The Balaban J connectivity index is 0.00000121. The van der Waals surface area contributed by atoms with Crippen LogP contribution >= 0.6 is 12.4 Å². The summed E-state index contributed by atoms with van der Waals surface area (Å²) in [5.74, 6) is 0.0391. The van der Waals surface area contributed by atoms with Crippen LogP contribution in [0.4, 0.5) is 0 Å². The van der Waals surface area contributed by atoms with Crippen LogP contribution in [-0.4, -0.2) is 50.7 Å². The van der Waals surface area contributed by atoms with Gasteiger partial charge in [-0.2, -0.15) is 0 Å². The topological polar surface area (TPSA) is 41.6 Å². The molecule has 1 N–H and O–H groups in total. The van der Waals surface area contributed by atoms with Crippen molar-refractivity contribution >= 4 is 18.3 Å². The minimum absolute atomic E-state index is 0. The molecule has 1 saturated heterocycles. The van der Waals surface area contributed by atoms with Gasteiger partial charge < -0.3 is 15.0 Å². The van der Waals surface area contributed by atoms with E-state index in [0.29, 0.717) is 13.2 Å². The van der Waals surface area contributed by atoms with Gasteiger partial charge in [-0.15, -0.1) is 12.4 Å². The van der Waals surface area contributed by atoms with Crippen molar-refractivity contribution in [2.24, 2.45) is 0 Å². The molecule has 5 heteroatoms. The van der Waals surface area contributed by atoms with E-state index in [4.69, 9.17) is 4.74 Å². The van der Waals surface area contributed by atoms with Gasteiger partial charge in [0.05, 0.1) is 6.61 Å². The second-order valence-electron chi connectivity index (χ2n) is 2.80. The van der Waals surface area contributed by atoms with Crippen molar-refractivity contribution in [3.63, 3.8) is 0 Å². The van der Waals surface area contributed by atoms with Crippen LogP contribution in [0.1, 0.15) is 0 Å². The van der Waals surface area contributed by atoms with Crippen LogP contribution in [0.5, 0.6) is 0 Å². The van der Waals surface area contributed by atoms with Crippen molar-refractivity contribution in [2.45, 2.75) is 6.10 Å². The Morgan fingerprint density at radius 3 is 2.67 bits per heavy atom. The van der Waals surface area contributed by atoms with E-state index in [0.717, 1.165) is 6.54 Å². The number of halogens is 1. The highest BCUT2D eigenvalue weighted by Gasteiger charge is 2.22. The summed E-state index contributed by atoms with van der Waals surface area (Å²) in [5.41, 5.74) is 0. The quantitative estimate of drug-likeness (QED) is 0.611. The number of hydrogen-bond acceptors (Lipinski definition) is 3. The smallest absolute Gasteiger partial charge is 0.252 e. The van der Waals surface area contributed by atoms with Gasteiger partial charge in [-0.3, -0.25) is 4.79 Å². The number of carbonyl (C=O) groups is 1. The molecule has 1 fully saturated rings. The number of ether oxygens (including phenoxy) is 1. The lowest BCUT2D eigenvalue weighted by atomic mass is 10.3. The van der Waals surface area contributed by atoms with Crippen LogP contribution in [-0.2, 0) is 9.53 Å². The third-order valence-corrected chi connectivity index (χ3v) is 1.64. The molecule has 0 aromatic carbocycles. The Kier molecular flexibility index (Phi) is 5.20.